The molecule has 2 N–H and O–H groups in total. The van der Waals surface area contributed by atoms with E-state index < -0.39 is 31.1 Å². The van der Waals surface area contributed by atoms with Crippen molar-refractivity contribution in [2.24, 2.45) is 5.41 Å². The molecule has 1 fully saturated rings. The molecule has 2 atom stereocenters. The first-order valence-electron chi connectivity index (χ1n) is 7.23. The Hall–Kier alpha value is -0.480. The first-order valence-corrected chi connectivity index (χ1v) is 10.4. The van der Waals surface area contributed by atoms with Gasteiger partial charge in [0.15, 0.2) is 5.34 Å². The maximum Gasteiger partial charge on any atom is 0.358 e. The molecule has 0 aliphatic carbocycles. The van der Waals surface area contributed by atoms with E-state index in [1.807, 2.05) is 0 Å². The van der Waals surface area contributed by atoms with Crippen molar-refractivity contribution in [3.05, 3.63) is 38.0 Å². The molecule has 1 heterocycles. The van der Waals surface area contributed by atoms with E-state index in [4.69, 9.17) is 9.05 Å². The van der Waals surface area contributed by atoms with E-state index in [1.165, 1.54) is 13.0 Å². The van der Waals surface area contributed by atoms with Crippen molar-refractivity contribution in [2.75, 3.05) is 6.61 Å². The van der Waals surface area contributed by atoms with E-state index >= 15 is 0 Å². The lowest BCUT2D eigenvalue weighted by molar-refractivity contribution is 0.0240. The zero-order chi connectivity index (χ0) is 18.2. The Kier molecular flexibility index (Phi) is 5.76. The van der Waals surface area contributed by atoms with Crippen LogP contribution in [0, 0.1) is 5.41 Å². The quantitative estimate of drug-likeness (QED) is 0.495. The summed E-state index contributed by atoms with van der Waals surface area (Å²) in [5.41, 5.74) is -1.18. The second kappa shape index (κ2) is 6.44. The van der Waals surface area contributed by atoms with E-state index in [9.17, 15) is 18.9 Å². The first kappa shape index (κ1) is 20.6. The van der Waals surface area contributed by atoms with Gasteiger partial charge in [-0.3, -0.25) is 13.7 Å². The third-order valence-electron chi connectivity index (χ3n) is 4.95. The maximum absolute atomic E-state index is 13.3. The molecule has 0 spiro atoms. The summed E-state index contributed by atoms with van der Waals surface area (Å²) in [6.07, 6.45) is 4.89. The van der Waals surface area contributed by atoms with Gasteiger partial charge in [0.2, 0.25) is 0 Å². The average molecular weight is 364 g/mol. The van der Waals surface area contributed by atoms with E-state index in [2.05, 4.69) is 19.7 Å². The van der Waals surface area contributed by atoms with Crippen LogP contribution in [0.25, 0.3) is 0 Å². The van der Waals surface area contributed by atoms with E-state index in [0.717, 1.165) is 0 Å². The molecule has 1 saturated heterocycles. The van der Waals surface area contributed by atoms with Gasteiger partial charge in [-0.25, -0.2) is 0 Å². The standard InChI is InChI=1S/C15H26O6P2/c1-7-10-15(11-8-2)13(4,5)23(19,20-12-9-3)21-14(15,6)22(16,17)18/h7-9H,1-3,10-12H2,4-6H3,(H2,16,17,18). The number of rotatable bonds is 8. The van der Waals surface area contributed by atoms with Crippen LogP contribution in [0.4, 0.5) is 0 Å². The van der Waals surface area contributed by atoms with Gasteiger partial charge in [0.1, 0.15) is 0 Å². The molecule has 0 radical (unpaired) electrons. The van der Waals surface area contributed by atoms with Crippen LogP contribution in [0.3, 0.4) is 0 Å². The highest BCUT2D eigenvalue weighted by Crippen LogP contribution is 2.84. The summed E-state index contributed by atoms with van der Waals surface area (Å²) in [5.74, 6) is 0. The predicted octanol–water partition coefficient (Wildman–Crippen LogP) is 4.22. The van der Waals surface area contributed by atoms with Crippen molar-refractivity contribution in [1.29, 1.82) is 0 Å². The minimum atomic E-state index is -4.79. The average Bonchev–Trinajstić information content (AvgIpc) is 2.54. The maximum atomic E-state index is 13.3. The van der Waals surface area contributed by atoms with Gasteiger partial charge in [-0.15, -0.1) is 19.7 Å². The lowest BCUT2D eigenvalue weighted by Crippen LogP contribution is -2.51. The van der Waals surface area contributed by atoms with Gasteiger partial charge < -0.3 is 14.3 Å². The number of allylic oxidation sites excluding steroid dienone is 2. The molecule has 0 aromatic rings. The van der Waals surface area contributed by atoms with Crippen LogP contribution in [-0.2, 0) is 18.2 Å². The van der Waals surface area contributed by atoms with Crippen molar-refractivity contribution in [3.8, 4) is 0 Å². The van der Waals surface area contributed by atoms with Gasteiger partial charge >= 0.3 is 15.2 Å². The summed E-state index contributed by atoms with van der Waals surface area (Å²) >= 11 is 0. The first-order chi connectivity index (χ1) is 10.4. The molecule has 1 rings (SSSR count). The summed E-state index contributed by atoms with van der Waals surface area (Å²) in [7, 11) is -8.64. The smallest absolute Gasteiger partial charge is 0.322 e. The third-order valence-corrected chi connectivity index (χ3v) is 9.61. The molecule has 1 aliphatic rings. The molecule has 1 aliphatic heterocycles. The highest BCUT2D eigenvalue weighted by atomic mass is 31.2. The molecule has 0 aromatic heterocycles. The lowest BCUT2D eigenvalue weighted by atomic mass is 9.67. The largest absolute Gasteiger partial charge is 0.358 e. The third kappa shape index (κ3) is 2.76. The molecule has 2 unspecified atom stereocenters. The Labute approximate surface area is 138 Å². The van der Waals surface area contributed by atoms with Crippen LogP contribution in [0.5, 0.6) is 0 Å². The monoisotopic (exact) mass is 364 g/mol. The Morgan fingerprint density at radius 2 is 1.61 bits per heavy atom. The van der Waals surface area contributed by atoms with Gasteiger partial charge in [0, 0.05) is 5.41 Å². The second-order valence-electron chi connectivity index (χ2n) is 6.33. The van der Waals surface area contributed by atoms with Crippen LogP contribution in [-0.4, -0.2) is 26.9 Å². The highest BCUT2D eigenvalue weighted by Gasteiger charge is 2.77. The second-order valence-corrected chi connectivity index (χ2v) is 10.8. The molecule has 23 heavy (non-hydrogen) atoms. The van der Waals surface area contributed by atoms with E-state index in [-0.39, 0.29) is 19.4 Å². The SMILES string of the molecule is C=CCOP1(=O)OC(C)(P(=O)(O)O)C(CC=C)(CC=C)C1(C)C. The Bertz CT molecular complexity index is 581. The topological polar surface area (TPSA) is 93.1 Å². The molecular weight excluding hydrogens is 338 g/mol. The number of hydrogen-bond acceptors (Lipinski definition) is 4. The summed E-state index contributed by atoms with van der Waals surface area (Å²) in [6.45, 7) is 15.4. The summed E-state index contributed by atoms with van der Waals surface area (Å²) in [4.78, 5) is 20.0. The Balaban J connectivity index is 3.72. The summed E-state index contributed by atoms with van der Waals surface area (Å²) in [5, 5.41) is -3.15. The molecule has 8 heteroatoms. The molecule has 0 saturated carbocycles. The lowest BCUT2D eigenvalue weighted by Gasteiger charge is -2.46. The zero-order valence-electron chi connectivity index (χ0n) is 13.9. The highest BCUT2D eigenvalue weighted by molar-refractivity contribution is 7.59. The Morgan fingerprint density at radius 1 is 1.13 bits per heavy atom. The van der Waals surface area contributed by atoms with Gasteiger partial charge in [-0.05, 0) is 33.6 Å². The molecule has 6 nitrogen and oxygen atoms in total. The normalized spacial score (nSPS) is 32.4. The molecule has 132 valence electrons. The predicted molar refractivity (Wildman–Crippen MR) is 91.4 cm³/mol. The van der Waals surface area contributed by atoms with Crippen molar-refractivity contribution in [2.45, 2.75) is 44.1 Å². The number of hydrogen-bond donors (Lipinski definition) is 2. The Morgan fingerprint density at radius 3 is 1.96 bits per heavy atom. The van der Waals surface area contributed by atoms with Gasteiger partial charge in [-0.1, -0.05) is 18.2 Å². The van der Waals surface area contributed by atoms with Crippen molar-refractivity contribution >= 4 is 15.2 Å². The van der Waals surface area contributed by atoms with Crippen molar-refractivity contribution in [1.82, 2.24) is 0 Å². The summed E-state index contributed by atoms with van der Waals surface area (Å²) in [6, 6.07) is 0. The van der Waals surface area contributed by atoms with Crippen molar-refractivity contribution in [3.63, 3.8) is 0 Å². The van der Waals surface area contributed by atoms with Crippen LogP contribution < -0.4 is 0 Å². The van der Waals surface area contributed by atoms with Gasteiger partial charge in [-0.2, -0.15) is 0 Å². The minimum Gasteiger partial charge on any atom is -0.322 e. The van der Waals surface area contributed by atoms with E-state index in [1.54, 1.807) is 26.0 Å². The van der Waals surface area contributed by atoms with Crippen LogP contribution in [0.2, 0.25) is 0 Å². The van der Waals surface area contributed by atoms with E-state index in [0.29, 0.717) is 0 Å². The van der Waals surface area contributed by atoms with Crippen LogP contribution >= 0.6 is 15.2 Å². The summed E-state index contributed by atoms with van der Waals surface area (Å²) < 4.78 is 36.6. The zero-order valence-corrected chi connectivity index (χ0v) is 15.7. The fraction of sp³-hybridized carbons (Fsp3) is 0.600. The molecule has 0 aromatic carbocycles. The molecular formula is C15H26O6P2. The van der Waals surface area contributed by atoms with Gasteiger partial charge in [0.25, 0.3) is 0 Å². The van der Waals surface area contributed by atoms with Gasteiger partial charge in [0.05, 0.1) is 11.8 Å². The van der Waals surface area contributed by atoms with Crippen molar-refractivity contribution < 1.29 is 28.0 Å². The minimum absolute atomic E-state index is 0.0454. The molecule has 0 amide bonds. The fourth-order valence-electron chi connectivity index (χ4n) is 3.39. The van der Waals surface area contributed by atoms with Crippen LogP contribution in [0.1, 0.15) is 33.6 Å². The fourth-order valence-corrected chi connectivity index (χ4v) is 7.71. The molecule has 0 bridgehead atoms. The van der Waals surface area contributed by atoms with Crippen LogP contribution in [0.15, 0.2) is 38.0 Å².